The standard InChI is InChI=1S/C8H13N3O2S/c1-8(2,3)11-14(12,13)7-9-5-4-6-10-7/h4-6,11H,1-3H3. The SMILES string of the molecule is CC(C)(C)NS(=O)(=O)c1ncccn1. The van der Waals surface area contributed by atoms with E-state index in [2.05, 4.69) is 14.7 Å². The Morgan fingerprint density at radius 2 is 1.71 bits per heavy atom. The molecule has 78 valence electrons. The van der Waals surface area contributed by atoms with Gasteiger partial charge in [0.2, 0.25) is 0 Å². The summed E-state index contributed by atoms with van der Waals surface area (Å²) in [4.78, 5) is 7.35. The zero-order valence-electron chi connectivity index (χ0n) is 8.35. The smallest absolute Gasteiger partial charge is 0.226 e. The first-order valence-corrected chi connectivity index (χ1v) is 5.61. The van der Waals surface area contributed by atoms with Gasteiger partial charge in [0.05, 0.1) is 0 Å². The quantitative estimate of drug-likeness (QED) is 0.731. The molecule has 0 atom stereocenters. The summed E-state index contributed by atoms with van der Waals surface area (Å²) >= 11 is 0. The van der Waals surface area contributed by atoms with E-state index in [4.69, 9.17) is 0 Å². The Morgan fingerprint density at radius 1 is 1.21 bits per heavy atom. The van der Waals surface area contributed by atoms with Crippen LogP contribution in [0.15, 0.2) is 23.6 Å². The summed E-state index contributed by atoms with van der Waals surface area (Å²) in [5.41, 5.74) is -0.530. The number of nitrogens with zero attached hydrogens (tertiary/aromatic N) is 2. The Morgan fingerprint density at radius 3 is 2.14 bits per heavy atom. The zero-order valence-corrected chi connectivity index (χ0v) is 9.17. The van der Waals surface area contributed by atoms with E-state index in [9.17, 15) is 8.42 Å². The van der Waals surface area contributed by atoms with Crippen LogP contribution in [0.25, 0.3) is 0 Å². The van der Waals surface area contributed by atoms with Gasteiger partial charge < -0.3 is 0 Å². The summed E-state index contributed by atoms with van der Waals surface area (Å²) in [7, 11) is -3.59. The van der Waals surface area contributed by atoms with Crippen molar-refractivity contribution < 1.29 is 8.42 Å². The third-order valence-corrected chi connectivity index (χ3v) is 2.80. The number of aromatic nitrogens is 2. The fourth-order valence-electron chi connectivity index (χ4n) is 0.873. The van der Waals surface area contributed by atoms with Gasteiger partial charge in [-0.2, -0.15) is 0 Å². The largest absolute Gasteiger partial charge is 0.276 e. The van der Waals surface area contributed by atoms with Crippen LogP contribution in [0.4, 0.5) is 0 Å². The van der Waals surface area contributed by atoms with E-state index >= 15 is 0 Å². The third kappa shape index (κ3) is 3.04. The molecule has 0 aliphatic carbocycles. The summed E-state index contributed by atoms with van der Waals surface area (Å²) in [6, 6.07) is 1.57. The van der Waals surface area contributed by atoms with Gasteiger partial charge >= 0.3 is 0 Å². The lowest BCUT2D eigenvalue weighted by Gasteiger charge is -2.19. The van der Waals surface area contributed by atoms with Crippen LogP contribution < -0.4 is 4.72 Å². The lowest BCUT2D eigenvalue weighted by Crippen LogP contribution is -2.41. The minimum atomic E-state index is -3.59. The van der Waals surface area contributed by atoms with Crippen molar-refractivity contribution in [3.05, 3.63) is 18.5 Å². The fourth-order valence-corrected chi connectivity index (χ4v) is 2.17. The van der Waals surface area contributed by atoms with Crippen LogP contribution in [0.2, 0.25) is 0 Å². The summed E-state index contributed by atoms with van der Waals surface area (Å²) in [5.74, 6) is 0. The minimum Gasteiger partial charge on any atom is -0.226 e. The molecule has 1 aromatic heterocycles. The Kier molecular flexibility index (Phi) is 2.86. The molecule has 0 radical (unpaired) electrons. The molecule has 1 rings (SSSR count). The van der Waals surface area contributed by atoms with E-state index in [1.807, 2.05) is 0 Å². The molecule has 1 N–H and O–H groups in total. The summed E-state index contributed by atoms with van der Waals surface area (Å²) < 4.78 is 25.7. The highest BCUT2D eigenvalue weighted by Gasteiger charge is 2.23. The van der Waals surface area contributed by atoms with Crippen molar-refractivity contribution in [3.8, 4) is 0 Å². The van der Waals surface area contributed by atoms with Crippen LogP contribution in [-0.4, -0.2) is 23.9 Å². The monoisotopic (exact) mass is 215 g/mol. The van der Waals surface area contributed by atoms with Crippen molar-refractivity contribution in [1.82, 2.24) is 14.7 Å². The molecular weight excluding hydrogens is 202 g/mol. The molecule has 6 heteroatoms. The second-order valence-corrected chi connectivity index (χ2v) is 5.46. The second-order valence-electron chi connectivity index (χ2n) is 3.89. The lowest BCUT2D eigenvalue weighted by molar-refractivity contribution is 0.487. The molecule has 0 unspecified atom stereocenters. The molecule has 0 amide bonds. The van der Waals surface area contributed by atoms with Crippen LogP contribution in [0.5, 0.6) is 0 Å². The Labute approximate surface area is 83.6 Å². The van der Waals surface area contributed by atoms with E-state index in [0.717, 1.165) is 0 Å². The summed E-state index contributed by atoms with van der Waals surface area (Å²) in [6.45, 7) is 5.27. The van der Waals surface area contributed by atoms with Crippen molar-refractivity contribution in [1.29, 1.82) is 0 Å². The molecule has 0 bridgehead atoms. The van der Waals surface area contributed by atoms with Crippen LogP contribution in [-0.2, 0) is 10.0 Å². The molecule has 0 aliphatic rings. The number of hydrogen-bond acceptors (Lipinski definition) is 4. The predicted molar refractivity (Wildman–Crippen MR) is 52.1 cm³/mol. The van der Waals surface area contributed by atoms with Gasteiger partial charge in [-0.15, -0.1) is 0 Å². The van der Waals surface area contributed by atoms with Gasteiger partial charge in [-0.1, -0.05) is 0 Å². The first kappa shape index (κ1) is 11.1. The molecule has 1 aromatic rings. The van der Waals surface area contributed by atoms with E-state index < -0.39 is 15.6 Å². The average Bonchev–Trinajstić information content (AvgIpc) is 2.01. The van der Waals surface area contributed by atoms with E-state index in [1.54, 1.807) is 26.8 Å². The highest BCUT2D eigenvalue weighted by Crippen LogP contribution is 2.06. The average molecular weight is 215 g/mol. The van der Waals surface area contributed by atoms with Crippen molar-refractivity contribution in [2.45, 2.75) is 31.5 Å². The van der Waals surface area contributed by atoms with Gasteiger partial charge in [0.1, 0.15) is 0 Å². The van der Waals surface area contributed by atoms with Gasteiger partial charge in [0.15, 0.2) is 0 Å². The number of rotatable bonds is 2. The molecule has 14 heavy (non-hydrogen) atoms. The molecule has 0 saturated heterocycles. The molecule has 1 heterocycles. The summed E-state index contributed by atoms with van der Waals surface area (Å²) in [5, 5.41) is -0.199. The van der Waals surface area contributed by atoms with Gasteiger partial charge in [-0.25, -0.2) is 23.1 Å². The maximum Gasteiger partial charge on any atom is 0.276 e. The Bertz CT molecular complexity index is 394. The molecule has 0 fully saturated rings. The fraction of sp³-hybridized carbons (Fsp3) is 0.500. The van der Waals surface area contributed by atoms with Crippen LogP contribution >= 0.6 is 0 Å². The van der Waals surface area contributed by atoms with Gasteiger partial charge in [0.25, 0.3) is 15.2 Å². The molecule has 0 saturated carbocycles. The highest BCUT2D eigenvalue weighted by molar-refractivity contribution is 7.89. The van der Waals surface area contributed by atoms with Crippen molar-refractivity contribution in [3.63, 3.8) is 0 Å². The normalized spacial score (nSPS) is 12.8. The van der Waals surface area contributed by atoms with E-state index in [0.29, 0.717) is 0 Å². The topological polar surface area (TPSA) is 72.0 Å². The van der Waals surface area contributed by atoms with Gasteiger partial charge in [-0.05, 0) is 26.8 Å². The van der Waals surface area contributed by atoms with Crippen LogP contribution in [0, 0.1) is 0 Å². The molecule has 0 spiro atoms. The molecule has 0 aliphatic heterocycles. The van der Waals surface area contributed by atoms with Crippen LogP contribution in [0.3, 0.4) is 0 Å². The minimum absolute atomic E-state index is 0.199. The molecule has 5 nitrogen and oxygen atoms in total. The van der Waals surface area contributed by atoms with Crippen molar-refractivity contribution in [2.24, 2.45) is 0 Å². The Hall–Kier alpha value is -1.01. The summed E-state index contributed by atoms with van der Waals surface area (Å²) in [6.07, 6.45) is 2.79. The van der Waals surface area contributed by atoms with E-state index in [-0.39, 0.29) is 5.16 Å². The van der Waals surface area contributed by atoms with Gasteiger partial charge in [-0.3, -0.25) is 0 Å². The van der Waals surface area contributed by atoms with Crippen molar-refractivity contribution in [2.75, 3.05) is 0 Å². The van der Waals surface area contributed by atoms with Gasteiger partial charge in [0, 0.05) is 17.9 Å². The molecule has 0 aromatic carbocycles. The van der Waals surface area contributed by atoms with Crippen molar-refractivity contribution >= 4 is 10.0 Å². The zero-order chi connectivity index (χ0) is 10.8. The van der Waals surface area contributed by atoms with E-state index in [1.165, 1.54) is 12.4 Å². The number of hydrogen-bond donors (Lipinski definition) is 1. The highest BCUT2D eigenvalue weighted by atomic mass is 32.2. The maximum absolute atomic E-state index is 11.6. The molecular formula is C8H13N3O2S. The first-order valence-electron chi connectivity index (χ1n) is 4.12. The first-order chi connectivity index (χ1) is 6.31. The number of nitrogens with one attached hydrogen (secondary N) is 1. The maximum atomic E-state index is 11.6. The Balaban J connectivity index is 2.99. The second kappa shape index (κ2) is 3.62. The lowest BCUT2D eigenvalue weighted by atomic mass is 10.1. The van der Waals surface area contributed by atoms with Crippen LogP contribution in [0.1, 0.15) is 20.8 Å². The predicted octanol–water partition coefficient (Wildman–Crippen LogP) is 0.553. The number of sulfonamides is 1. The third-order valence-electron chi connectivity index (χ3n) is 1.22.